The summed E-state index contributed by atoms with van der Waals surface area (Å²) in [6, 6.07) is 17.1. The van der Waals surface area contributed by atoms with Gasteiger partial charge in [0.25, 0.3) is 0 Å². The second kappa shape index (κ2) is 8.64. The van der Waals surface area contributed by atoms with E-state index < -0.39 is 0 Å². The van der Waals surface area contributed by atoms with Crippen LogP contribution in [0.3, 0.4) is 0 Å². The minimum absolute atomic E-state index is 0.378. The fraction of sp³-hybridized carbons (Fsp3) is 0.0870. The van der Waals surface area contributed by atoms with Gasteiger partial charge in [0.2, 0.25) is 0 Å². The van der Waals surface area contributed by atoms with Gasteiger partial charge in [0.05, 0.1) is 35.8 Å². The Kier molecular flexibility index (Phi) is 5.59. The Labute approximate surface area is 177 Å². The van der Waals surface area contributed by atoms with Crippen LogP contribution in [0.15, 0.2) is 70.9 Å². The van der Waals surface area contributed by atoms with E-state index in [1.165, 1.54) is 7.11 Å². The lowest BCUT2D eigenvalue weighted by molar-refractivity contribution is 0.0600. The number of furan rings is 1. The average molecular weight is 415 g/mol. The first kappa shape index (κ1) is 19.4. The van der Waals surface area contributed by atoms with Crippen molar-refractivity contribution in [2.75, 3.05) is 12.4 Å². The Hall–Kier alpha value is -3.89. The van der Waals surface area contributed by atoms with E-state index in [0.717, 1.165) is 27.3 Å². The molecule has 0 spiro atoms. The molecule has 7 heteroatoms. The fourth-order valence-corrected chi connectivity index (χ4v) is 3.73. The molecule has 1 N–H and O–H groups in total. The van der Waals surface area contributed by atoms with Crippen LogP contribution in [-0.2, 0) is 11.3 Å². The first-order valence-electron chi connectivity index (χ1n) is 9.12. The second-order valence-electron chi connectivity index (χ2n) is 6.42. The van der Waals surface area contributed by atoms with Gasteiger partial charge in [-0.3, -0.25) is 0 Å². The normalized spacial score (nSPS) is 10.4. The number of aromatic nitrogens is 1. The van der Waals surface area contributed by atoms with E-state index >= 15 is 0 Å². The summed E-state index contributed by atoms with van der Waals surface area (Å²) in [4.78, 5) is 17.3. The number of methoxy groups -OCH3 is 1. The van der Waals surface area contributed by atoms with Crippen LogP contribution in [0.2, 0.25) is 0 Å². The lowest BCUT2D eigenvalue weighted by Crippen LogP contribution is -2.06. The number of nitriles is 1. The van der Waals surface area contributed by atoms with Crippen molar-refractivity contribution in [2.24, 2.45) is 0 Å². The zero-order chi connectivity index (χ0) is 20.9. The Morgan fingerprint density at radius 2 is 2.10 bits per heavy atom. The summed E-state index contributed by atoms with van der Waals surface area (Å²) in [6.45, 7) is 0.446. The highest BCUT2D eigenvalue weighted by Gasteiger charge is 2.16. The summed E-state index contributed by atoms with van der Waals surface area (Å²) >= 11 is 1.58. The van der Waals surface area contributed by atoms with Crippen LogP contribution < -0.4 is 5.32 Å². The van der Waals surface area contributed by atoms with Gasteiger partial charge in [-0.15, -0.1) is 11.3 Å². The van der Waals surface area contributed by atoms with Crippen molar-refractivity contribution < 1.29 is 13.9 Å². The van der Waals surface area contributed by atoms with E-state index in [1.54, 1.807) is 36.0 Å². The molecule has 0 saturated carbocycles. The number of nitrogens with one attached hydrogen (secondary N) is 1. The minimum Gasteiger partial charge on any atom is -0.472 e. The van der Waals surface area contributed by atoms with Crippen LogP contribution in [0.4, 0.5) is 5.82 Å². The molecule has 0 radical (unpaired) electrons. The zero-order valence-corrected chi connectivity index (χ0v) is 16.9. The number of ether oxygens (including phenoxy) is 1. The number of thiophene rings is 1. The molecule has 0 bridgehead atoms. The third-order valence-electron chi connectivity index (χ3n) is 4.57. The highest BCUT2D eigenvalue weighted by atomic mass is 32.1. The van der Waals surface area contributed by atoms with Gasteiger partial charge in [-0.25, -0.2) is 9.78 Å². The van der Waals surface area contributed by atoms with E-state index in [9.17, 15) is 10.1 Å². The van der Waals surface area contributed by atoms with Crippen molar-refractivity contribution in [3.05, 3.63) is 83.1 Å². The van der Waals surface area contributed by atoms with Gasteiger partial charge >= 0.3 is 5.97 Å². The molecule has 6 nitrogen and oxygen atoms in total. The van der Waals surface area contributed by atoms with Crippen LogP contribution in [0.1, 0.15) is 21.5 Å². The van der Waals surface area contributed by atoms with Crippen LogP contribution in [0.5, 0.6) is 0 Å². The molecule has 0 aliphatic carbocycles. The third kappa shape index (κ3) is 3.95. The Balaban J connectivity index is 1.68. The largest absolute Gasteiger partial charge is 0.472 e. The molecule has 4 rings (SSSR count). The van der Waals surface area contributed by atoms with Gasteiger partial charge in [-0.1, -0.05) is 18.2 Å². The maximum absolute atomic E-state index is 11.6. The van der Waals surface area contributed by atoms with Crippen LogP contribution in [0.25, 0.3) is 21.7 Å². The van der Waals surface area contributed by atoms with E-state index in [0.29, 0.717) is 23.5 Å². The summed E-state index contributed by atoms with van der Waals surface area (Å²) in [6.07, 6.45) is 3.20. The summed E-state index contributed by atoms with van der Waals surface area (Å²) in [7, 11) is 1.35. The zero-order valence-electron chi connectivity index (χ0n) is 16.1. The van der Waals surface area contributed by atoms with Crippen molar-refractivity contribution in [3.8, 4) is 27.8 Å². The molecular formula is C23H17N3O3S. The predicted octanol–water partition coefficient (Wildman–Crippen LogP) is 5.34. The number of rotatable bonds is 6. The molecule has 0 aliphatic rings. The molecule has 0 atom stereocenters. The van der Waals surface area contributed by atoms with Crippen LogP contribution in [-0.4, -0.2) is 18.1 Å². The standard InChI is InChI=1S/C23H17N3O3S/c1-28-23(27)16-6-4-15(5-7-16)13-25-22-19(12-24)18(17-8-9-29-14-17)11-20(26-22)21-3-2-10-30-21/h2-11,14H,13H2,1H3,(H,25,26). The number of hydrogen-bond donors (Lipinski definition) is 1. The van der Waals surface area contributed by atoms with E-state index in [-0.39, 0.29) is 5.97 Å². The van der Waals surface area contributed by atoms with Gasteiger partial charge < -0.3 is 14.5 Å². The second-order valence-corrected chi connectivity index (χ2v) is 7.37. The van der Waals surface area contributed by atoms with Gasteiger partial charge in [0.1, 0.15) is 17.5 Å². The number of pyridine rings is 1. The van der Waals surface area contributed by atoms with Crippen molar-refractivity contribution >= 4 is 23.1 Å². The Bertz CT molecular complexity index is 1190. The van der Waals surface area contributed by atoms with Gasteiger partial charge in [-0.05, 0) is 41.3 Å². The monoisotopic (exact) mass is 415 g/mol. The maximum atomic E-state index is 11.6. The SMILES string of the molecule is COC(=O)c1ccc(CNc2nc(-c3cccs3)cc(-c3ccoc3)c2C#N)cc1. The van der Waals surface area contributed by atoms with Gasteiger partial charge in [-0.2, -0.15) is 5.26 Å². The number of carbonyl (C=O) groups is 1. The van der Waals surface area contributed by atoms with Crippen LogP contribution >= 0.6 is 11.3 Å². The average Bonchev–Trinajstić information content (AvgIpc) is 3.51. The molecule has 30 heavy (non-hydrogen) atoms. The number of nitrogens with zero attached hydrogens (tertiary/aromatic N) is 2. The van der Waals surface area contributed by atoms with E-state index in [4.69, 9.17) is 14.1 Å². The first-order valence-corrected chi connectivity index (χ1v) is 10.0. The van der Waals surface area contributed by atoms with Crippen molar-refractivity contribution in [3.63, 3.8) is 0 Å². The number of carbonyl (C=O) groups excluding carboxylic acids is 1. The summed E-state index contributed by atoms with van der Waals surface area (Å²) in [5.41, 5.74) is 4.23. The van der Waals surface area contributed by atoms with E-state index in [2.05, 4.69) is 11.4 Å². The molecule has 3 aromatic heterocycles. The molecule has 4 aromatic rings. The molecule has 148 valence electrons. The number of anilines is 1. The molecular weight excluding hydrogens is 398 g/mol. The predicted molar refractivity (Wildman–Crippen MR) is 115 cm³/mol. The smallest absolute Gasteiger partial charge is 0.337 e. The highest BCUT2D eigenvalue weighted by Crippen LogP contribution is 2.34. The Morgan fingerprint density at radius 3 is 2.73 bits per heavy atom. The third-order valence-corrected chi connectivity index (χ3v) is 5.46. The number of hydrogen-bond acceptors (Lipinski definition) is 7. The Morgan fingerprint density at radius 1 is 1.27 bits per heavy atom. The molecule has 0 unspecified atom stereocenters. The molecule has 3 heterocycles. The number of esters is 1. The van der Waals surface area contributed by atoms with Crippen molar-refractivity contribution in [2.45, 2.75) is 6.54 Å². The molecule has 1 aromatic carbocycles. The summed E-state index contributed by atoms with van der Waals surface area (Å²) in [5, 5.41) is 15.1. The van der Waals surface area contributed by atoms with Gasteiger partial charge in [0, 0.05) is 17.7 Å². The van der Waals surface area contributed by atoms with Crippen molar-refractivity contribution in [1.29, 1.82) is 5.26 Å². The number of benzene rings is 1. The summed E-state index contributed by atoms with van der Waals surface area (Å²) < 4.78 is 9.95. The summed E-state index contributed by atoms with van der Waals surface area (Å²) in [5.74, 6) is 0.119. The lowest BCUT2D eigenvalue weighted by atomic mass is 10.0. The maximum Gasteiger partial charge on any atom is 0.337 e. The fourth-order valence-electron chi connectivity index (χ4n) is 3.04. The topological polar surface area (TPSA) is 88.2 Å². The lowest BCUT2D eigenvalue weighted by Gasteiger charge is -2.13. The first-order chi connectivity index (χ1) is 14.7. The van der Waals surface area contributed by atoms with E-state index in [1.807, 2.05) is 41.8 Å². The van der Waals surface area contributed by atoms with Crippen LogP contribution in [0, 0.1) is 11.3 Å². The minimum atomic E-state index is -0.378. The molecule has 0 fully saturated rings. The van der Waals surface area contributed by atoms with Crippen molar-refractivity contribution in [1.82, 2.24) is 4.98 Å². The quantitative estimate of drug-likeness (QED) is 0.428. The highest BCUT2D eigenvalue weighted by molar-refractivity contribution is 7.13. The van der Waals surface area contributed by atoms with Gasteiger partial charge in [0.15, 0.2) is 0 Å². The molecule has 0 saturated heterocycles. The molecule has 0 amide bonds. The molecule has 0 aliphatic heterocycles.